The molecule has 24 heavy (non-hydrogen) atoms. The van der Waals surface area contributed by atoms with Crippen molar-refractivity contribution in [3.05, 3.63) is 39.6 Å². The Morgan fingerprint density at radius 3 is 2.92 bits per heavy atom. The molecule has 3 rings (SSSR count). The molecule has 2 aromatic heterocycles. The van der Waals surface area contributed by atoms with Gasteiger partial charge in [-0.15, -0.1) is 11.3 Å². The van der Waals surface area contributed by atoms with Crippen molar-refractivity contribution < 1.29 is 9.59 Å². The smallest absolute Gasteiger partial charge is 0.313 e. The number of anilines is 1. The van der Waals surface area contributed by atoms with Crippen molar-refractivity contribution in [1.29, 1.82) is 0 Å². The second-order valence-electron chi connectivity index (χ2n) is 5.74. The van der Waals surface area contributed by atoms with Gasteiger partial charge >= 0.3 is 11.8 Å². The third-order valence-electron chi connectivity index (χ3n) is 3.87. The minimum atomic E-state index is -0.657. The number of rotatable bonds is 2. The molecule has 0 saturated carbocycles. The first-order valence-electron chi connectivity index (χ1n) is 7.67. The van der Waals surface area contributed by atoms with Gasteiger partial charge in [0.2, 0.25) is 0 Å². The summed E-state index contributed by atoms with van der Waals surface area (Å²) in [5.41, 5.74) is 1.44. The molecule has 1 fully saturated rings. The topological polar surface area (TPSA) is 75.2 Å². The lowest BCUT2D eigenvalue weighted by molar-refractivity contribution is -0.144. The van der Waals surface area contributed by atoms with Crippen LogP contribution in [0.15, 0.2) is 23.7 Å². The fraction of sp³-hybridized carbons (Fsp3) is 0.375. The predicted molar refractivity (Wildman–Crippen MR) is 93.3 cm³/mol. The maximum atomic E-state index is 12.4. The van der Waals surface area contributed by atoms with Crippen molar-refractivity contribution >= 4 is 40.4 Å². The zero-order chi connectivity index (χ0) is 17.1. The van der Waals surface area contributed by atoms with Crippen molar-refractivity contribution in [2.75, 3.05) is 18.4 Å². The molecular formula is C16H17ClN4O2S. The van der Waals surface area contributed by atoms with Gasteiger partial charge < -0.3 is 10.2 Å². The molecule has 1 aliphatic rings. The van der Waals surface area contributed by atoms with Crippen LogP contribution in [0.1, 0.15) is 29.5 Å². The van der Waals surface area contributed by atoms with E-state index in [0.717, 1.165) is 23.5 Å². The first-order valence-corrected chi connectivity index (χ1v) is 8.92. The number of pyridine rings is 1. The van der Waals surface area contributed by atoms with Crippen LogP contribution in [0.25, 0.3) is 0 Å². The summed E-state index contributed by atoms with van der Waals surface area (Å²) in [6.07, 6.45) is 3.27. The molecule has 0 unspecified atom stereocenters. The molecular weight excluding hydrogens is 348 g/mol. The number of aromatic nitrogens is 2. The Balaban J connectivity index is 1.63. The van der Waals surface area contributed by atoms with E-state index in [1.54, 1.807) is 28.4 Å². The van der Waals surface area contributed by atoms with Crippen LogP contribution >= 0.6 is 22.9 Å². The average Bonchev–Trinajstić information content (AvgIpc) is 3.03. The molecule has 2 aromatic rings. The van der Waals surface area contributed by atoms with Gasteiger partial charge in [0.25, 0.3) is 0 Å². The highest BCUT2D eigenvalue weighted by molar-refractivity contribution is 7.09. The lowest BCUT2D eigenvalue weighted by Crippen LogP contribution is -2.44. The number of piperidine rings is 1. The predicted octanol–water partition coefficient (Wildman–Crippen LogP) is 2.84. The second-order valence-corrected chi connectivity index (χ2v) is 7.02. The van der Waals surface area contributed by atoms with Gasteiger partial charge in [-0.2, -0.15) is 0 Å². The Kier molecular flexibility index (Phi) is 5.11. The molecule has 2 amide bonds. The summed E-state index contributed by atoms with van der Waals surface area (Å²) < 4.78 is 0. The second kappa shape index (κ2) is 7.27. The number of thiazole rings is 1. The lowest BCUT2D eigenvalue weighted by Gasteiger charge is -2.31. The van der Waals surface area contributed by atoms with Crippen LogP contribution in [0.4, 0.5) is 5.69 Å². The molecule has 0 aromatic carbocycles. The largest absolute Gasteiger partial charge is 0.334 e. The van der Waals surface area contributed by atoms with Crippen molar-refractivity contribution in [3.8, 4) is 0 Å². The summed E-state index contributed by atoms with van der Waals surface area (Å²) in [6.45, 7) is 3.07. The summed E-state index contributed by atoms with van der Waals surface area (Å²) in [4.78, 5) is 34.6. The van der Waals surface area contributed by atoms with Crippen LogP contribution in [0, 0.1) is 6.92 Å². The molecule has 3 heterocycles. The van der Waals surface area contributed by atoms with Crippen LogP contribution < -0.4 is 5.32 Å². The maximum Gasteiger partial charge on any atom is 0.313 e. The molecule has 0 bridgehead atoms. The number of nitrogens with zero attached hydrogens (tertiary/aromatic N) is 3. The number of halogens is 1. The van der Waals surface area contributed by atoms with Crippen molar-refractivity contribution in [2.45, 2.75) is 25.7 Å². The van der Waals surface area contributed by atoms with Crippen LogP contribution in [0.3, 0.4) is 0 Å². The highest BCUT2D eigenvalue weighted by Crippen LogP contribution is 2.29. The molecule has 0 spiro atoms. The monoisotopic (exact) mass is 364 g/mol. The normalized spacial score (nSPS) is 17.6. The Morgan fingerprint density at radius 1 is 1.42 bits per heavy atom. The van der Waals surface area contributed by atoms with Crippen molar-refractivity contribution in [1.82, 2.24) is 14.9 Å². The number of carbonyl (C=O) groups excluding carboxylic acids is 2. The Hall–Kier alpha value is -1.99. The lowest BCUT2D eigenvalue weighted by atomic mass is 9.98. The number of hydrogen-bond acceptors (Lipinski definition) is 5. The average molecular weight is 365 g/mol. The van der Waals surface area contributed by atoms with E-state index < -0.39 is 11.8 Å². The van der Waals surface area contributed by atoms with E-state index in [-0.39, 0.29) is 5.92 Å². The van der Waals surface area contributed by atoms with Gasteiger partial charge in [0, 0.05) is 30.1 Å². The van der Waals surface area contributed by atoms with E-state index in [4.69, 9.17) is 11.6 Å². The summed E-state index contributed by atoms with van der Waals surface area (Å²) in [6, 6.07) is 3.17. The Morgan fingerprint density at radius 2 is 2.25 bits per heavy atom. The zero-order valence-electron chi connectivity index (χ0n) is 13.2. The fourth-order valence-electron chi connectivity index (χ4n) is 2.70. The standard InChI is InChI=1S/C16H17ClN4O2S/c1-10-9-24-15(19-10)11-3-2-6-21(8-11)16(23)14(22)20-12-4-5-13(17)18-7-12/h4-5,7,9,11H,2-3,6,8H2,1H3,(H,20,22)/t11-/m1/s1. The third-order valence-corrected chi connectivity index (χ3v) is 5.22. The molecule has 126 valence electrons. The SMILES string of the molecule is Cc1csc([C@@H]2CCCN(C(=O)C(=O)Nc3ccc(Cl)nc3)C2)n1. The first kappa shape index (κ1) is 16.9. The number of likely N-dealkylation sites (tertiary alicyclic amines) is 1. The molecule has 8 heteroatoms. The molecule has 0 aliphatic carbocycles. The highest BCUT2D eigenvalue weighted by atomic mass is 35.5. The molecule has 6 nitrogen and oxygen atoms in total. The van der Waals surface area contributed by atoms with Gasteiger partial charge in [0.15, 0.2) is 0 Å². The number of carbonyl (C=O) groups is 2. The van der Waals surface area contributed by atoms with Crippen molar-refractivity contribution in [3.63, 3.8) is 0 Å². The van der Waals surface area contributed by atoms with Gasteiger partial charge in [0.1, 0.15) is 5.15 Å². The van der Waals surface area contributed by atoms with Crippen LogP contribution in [0.5, 0.6) is 0 Å². The van der Waals surface area contributed by atoms with E-state index in [0.29, 0.717) is 23.9 Å². The summed E-state index contributed by atoms with van der Waals surface area (Å²) in [5.74, 6) is -0.982. The molecule has 1 aliphatic heterocycles. The quantitative estimate of drug-likeness (QED) is 0.656. The number of aryl methyl sites for hydroxylation is 1. The van der Waals surface area contributed by atoms with E-state index in [1.165, 1.54) is 6.20 Å². The van der Waals surface area contributed by atoms with Gasteiger partial charge in [-0.25, -0.2) is 9.97 Å². The fourth-order valence-corrected chi connectivity index (χ4v) is 3.74. The van der Waals surface area contributed by atoms with Gasteiger partial charge in [0.05, 0.1) is 16.9 Å². The minimum absolute atomic E-state index is 0.200. The van der Waals surface area contributed by atoms with Gasteiger partial charge in [-0.3, -0.25) is 9.59 Å². The van der Waals surface area contributed by atoms with Crippen LogP contribution in [-0.2, 0) is 9.59 Å². The Labute approximate surface area is 148 Å². The van der Waals surface area contributed by atoms with Gasteiger partial charge in [-0.1, -0.05) is 11.6 Å². The van der Waals surface area contributed by atoms with E-state index in [1.807, 2.05) is 12.3 Å². The number of hydrogen-bond donors (Lipinski definition) is 1. The Bertz CT molecular complexity index is 747. The zero-order valence-corrected chi connectivity index (χ0v) is 14.7. The minimum Gasteiger partial charge on any atom is -0.334 e. The summed E-state index contributed by atoms with van der Waals surface area (Å²) >= 11 is 7.32. The third kappa shape index (κ3) is 3.91. The summed E-state index contributed by atoms with van der Waals surface area (Å²) in [5, 5.41) is 5.94. The first-order chi connectivity index (χ1) is 11.5. The molecule has 1 saturated heterocycles. The van der Waals surface area contributed by atoms with E-state index >= 15 is 0 Å². The van der Waals surface area contributed by atoms with E-state index in [2.05, 4.69) is 15.3 Å². The molecule has 1 atom stereocenters. The van der Waals surface area contributed by atoms with E-state index in [9.17, 15) is 9.59 Å². The van der Waals surface area contributed by atoms with Gasteiger partial charge in [-0.05, 0) is 31.9 Å². The van der Waals surface area contributed by atoms with Crippen molar-refractivity contribution in [2.24, 2.45) is 0 Å². The van der Waals surface area contributed by atoms with Crippen LogP contribution in [-0.4, -0.2) is 39.8 Å². The number of nitrogens with one attached hydrogen (secondary N) is 1. The molecule has 0 radical (unpaired) electrons. The molecule has 1 N–H and O–H groups in total. The highest BCUT2D eigenvalue weighted by Gasteiger charge is 2.29. The summed E-state index contributed by atoms with van der Waals surface area (Å²) in [7, 11) is 0. The maximum absolute atomic E-state index is 12.4. The van der Waals surface area contributed by atoms with Crippen LogP contribution in [0.2, 0.25) is 5.15 Å². The number of amides is 2.